The number of nitrogens with zero attached hydrogens (tertiary/aromatic N) is 3. The Morgan fingerprint density at radius 1 is 0.144 bits per heavy atom. The molecule has 0 radical (unpaired) electrons. The van der Waals surface area contributed by atoms with Crippen LogP contribution >= 0.6 is 0 Å². The zero-order valence-electron chi connectivity index (χ0n) is 86.2. The molecular weight excluding hydrogens is 1590 g/mol. The van der Waals surface area contributed by atoms with Crippen LogP contribution in [0.4, 0.5) is 0 Å². The van der Waals surface area contributed by atoms with E-state index >= 15 is 0 Å². The van der Waals surface area contributed by atoms with Gasteiger partial charge in [-0.15, -0.1) is 0 Å². The van der Waals surface area contributed by atoms with Crippen LogP contribution in [0.1, 0.15) is 308 Å². The summed E-state index contributed by atoms with van der Waals surface area (Å²) in [5.74, 6) is 0. The van der Waals surface area contributed by atoms with Crippen LogP contribution in [0.5, 0.6) is 0 Å². The summed E-state index contributed by atoms with van der Waals surface area (Å²) < 4.78 is 7.59. The first-order chi connectivity index (χ1) is 65.6. The molecule has 684 valence electrons. The molecule has 15 aromatic carbocycles. The molecule has 0 spiro atoms. The van der Waals surface area contributed by atoms with E-state index in [2.05, 4.69) is 287 Å². The van der Waals surface area contributed by atoms with Crippen molar-refractivity contribution in [3.05, 3.63) is 373 Å². The fraction of sp³-hybridized carbons (Fsp3) is 0.302. The second-order valence-corrected chi connectivity index (χ2v) is 30.2. The molecule has 3 aromatic heterocycles. The van der Waals surface area contributed by atoms with Crippen LogP contribution in [-0.4, -0.2) is 13.7 Å². The van der Waals surface area contributed by atoms with Crippen LogP contribution in [-0.2, 0) is 57.8 Å². The maximum Gasteiger partial charge on any atom is 0.0579 e. The second kappa shape index (κ2) is 47.7. The molecule has 3 aliphatic heterocycles. The smallest absolute Gasteiger partial charge is 0.0579 e. The van der Waals surface area contributed by atoms with E-state index in [4.69, 9.17) is 0 Å². The number of hydrogen-bond donors (Lipinski definition) is 0. The second-order valence-electron chi connectivity index (χ2n) is 30.2. The van der Waals surface area contributed by atoms with E-state index in [9.17, 15) is 0 Å². The van der Waals surface area contributed by atoms with Crippen LogP contribution in [0.25, 0.3) is 149 Å². The topological polar surface area (TPSA) is 14.8 Å². The average molecular weight is 1750 g/mol. The first-order valence-electron chi connectivity index (χ1n) is 51.8. The van der Waals surface area contributed by atoms with Gasteiger partial charge in [-0.3, -0.25) is 0 Å². The van der Waals surface area contributed by atoms with Crippen LogP contribution in [0, 0.1) is 0 Å². The Kier molecular flexibility index (Phi) is 36.8. The number of benzene rings is 15. The molecule has 0 amide bonds. The number of fused-ring (bicyclic) bond motifs is 38. The SMILES string of the molecule is CC.CC.CC.CC.CC.CC.CC.CC.CC.CC.CC.CC.CC.CC.CC.c1ccc2c(c1)Cc1c-2ccc2c1Cc1c-2cc2c3ccccc3n3c2c1Cc1ccccc1-3.c1ccc2c(c1)Cc1cc3c(cc1-2)-c1cc2c4ccccc4n4c2c(c1C3)Cc1ccccc1-4.c1ccc2c(c1)Cc1ccc3c(c1-2)Cc1c-3cc2c3ccccc3n3c2c1Cc1ccccc1-3. The van der Waals surface area contributed by atoms with Gasteiger partial charge in [-0.1, -0.05) is 420 Å². The fourth-order valence-corrected chi connectivity index (χ4v) is 21.2. The van der Waals surface area contributed by atoms with Crippen molar-refractivity contribution < 1.29 is 0 Å². The van der Waals surface area contributed by atoms with E-state index in [1.54, 1.807) is 22.3 Å². The molecule has 3 heteroatoms. The van der Waals surface area contributed by atoms with E-state index in [-0.39, 0.29) is 0 Å². The van der Waals surface area contributed by atoms with Gasteiger partial charge in [0.25, 0.3) is 0 Å². The highest BCUT2D eigenvalue weighted by Crippen LogP contribution is 2.56. The lowest BCUT2D eigenvalue weighted by molar-refractivity contribution is 1.02. The lowest BCUT2D eigenvalue weighted by Crippen LogP contribution is -2.10. The normalized spacial score (nSPS) is 11.6. The predicted octanol–water partition coefficient (Wildman–Crippen LogP) is 38.9. The Labute approximate surface area is 796 Å². The van der Waals surface area contributed by atoms with E-state index in [1.165, 1.54) is 227 Å². The van der Waals surface area contributed by atoms with E-state index in [0.29, 0.717) is 0 Å². The highest BCUT2D eigenvalue weighted by molar-refractivity contribution is 6.17. The summed E-state index contributed by atoms with van der Waals surface area (Å²) in [6, 6.07) is 103. The Morgan fingerprint density at radius 2 is 0.394 bits per heavy atom. The van der Waals surface area contributed by atoms with Crippen molar-refractivity contribution in [3.63, 3.8) is 0 Å². The van der Waals surface area contributed by atoms with Crippen molar-refractivity contribution in [1.82, 2.24) is 13.7 Å². The summed E-state index contributed by atoms with van der Waals surface area (Å²) in [7, 11) is 0. The molecule has 0 unspecified atom stereocenters. The Morgan fingerprint density at radius 3 is 0.811 bits per heavy atom. The molecular formula is C129H153N3. The van der Waals surface area contributed by atoms with Gasteiger partial charge in [0.2, 0.25) is 0 Å². The van der Waals surface area contributed by atoms with Gasteiger partial charge in [-0.25, -0.2) is 0 Å². The molecule has 0 atom stereocenters. The molecule has 0 saturated heterocycles. The molecule has 0 bridgehead atoms. The standard InChI is InChI=1S/3C33H21N.15C2H6/c1-3-9-23-19(7-1)13-21-14-22-16-27-28(26(22)17-25(21)23)18-30-24-10-4-6-12-32(24)34-31-11-5-2-8-20(31)15-29(27)33(30)34;1-3-9-22-19(7-1)15-21-13-14-23-25-18-29-24-10-4-6-12-31(24)34-30-11-5-2-8-20(30)16-28(33(29)34)26(25)17-27(23)32(21)22;1-3-9-21-19(7-1)15-25-22(21)13-14-23-26(25)17-28-27(23)18-30-24-10-4-6-12-32(24)34-31-11-5-2-8-20(31)16-29(28)33(30)34;15*1-2/h1-12,14,17-18H,13,15-16H2;2*1-14,18H,15-17H2;15*1-2H3. The number of aromatic nitrogens is 3. The summed E-state index contributed by atoms with van der Waals surface area (Å²) >= 11 is 0. The van der Waals surface area contributed by atoms with E-state index in [1.807, 2.05) is 208 Å². The Balaban J connectivity index is 0.000000180. The minimum atomic E-state index is 1.01. The van der Waals surface area contributed by atoms with Crippen molar-refractivity contribution in [1.29, 1.82) is 0 Å². The third-order valence-electron chi connectivity index (χ3n) is 25.5. The number of hydrogen-bond acceptors (Lipinski definition) is 0. The van der Waals surface area contributed by atoms with Crippen LogP contribution in [0.15, 0.2) is 273 Å². The minimum absolute atomic E-state index is 1.01. The fourth-order valence-electron chi connectivity index (χ4n) is 21.2. The van der Waals surface area contributed by atoms with Gasteiger partial charge in [-0.2, -0.15) is 0 Å². The number of para-hydroxylation sites is 6. The highest BCUT2D eigenvalue weighted by atomic mass is 15.0. The number of rotatable bonds is 0. The average Bonchev–Trinajstić information content (AvgIpc) is 1.54. The summed E-state index contributed by atoms with van der Waals surface area (Å²) in [6.45, 7) is 60.0. The van der Waals surface area contributed by atoms with Crippen molar-refractivity contribution in [2.75, 3.05) is 0 Å². The summed E-state index contributed by atoms with van der Waals surface area (Å²) in [5, 5.41) is 8.27. The van der Waals surface area contributed by atoms with Crippen molar-refractivity contribution >= 4 is 65.4 Å². The molecule has 18 aromatic rings. The van der Waals surface area contributed by atoms with E-state index < -0.39 is 0 Å². The summed E-state index contributed by atoms with van der Waals surface area (Å²) in [6.07, 6.45) is 9.37. The summed E-state index contributed by atoms with van der Waals surface area (Å²) in [5.41, 5.74) is 56.6. The minimum Gasteiger partial charge on any atom is -0.309 e. The van der Waals surface area contributed by atoms with Crippen molar-refractivity contribution in [3.8, 4) is 83.8 Å². The zero-order chi connectivity index (χ0) is 95.9. The highest BCUT2D eigenvalue weighted by Gasteiger charge is 2.38. The molecule has 6 aliphatic carbocycles. The van der Waals surface area contributed by atoms with Gasteiger partial charge in [0.1, 0.15) is 0 Å². The predicted molar refractivity (Wildman–Crippen MR) is 590 cm³/mol. The van der Waals surface area contributed by atoms with Crippen molar-refractivity contribution in [2.45, 2.75) is 265 Å². The lowest BCUT2D eigenvalue weighted by atomic mass is 9.90. The van der Waals surface area contributed by atoms with Gasteiger partial charge >= 0.3 is 0 Å². The maximum atomic E-state index is 2.53. The molecule has 9 aliphatic rings. The molecule has 0 fully saturated rings. The maximum absolute atomic E-state index is 2.53. The molecule has 27 rings (SSSR count). The lowest BCUT2D eigenvalue weighted by Gasteiger charge is -2.23. The van der Waals surface area contributed by atoms with Gasteiger partial charge < -0.3 is 13.7 Å². The van der Waals surface area contributed by atoms with Gasteiger partial charge in [0.05, 0.1) is 33.1 Å². The Bertz CT molecular complexity index is 6910. The first-order valence-corrected chi connectivity index (χ1v) is 51.8. The summed E-state index contributed by atoms with van der Waals surface area (Å²) in [4.78, 5) is 0. The molecule has 3 nitrogen and oxygen atoms in total. The third-order valence-corrected chi connectivity index (χ3v) is 25.5. The first kappa shape index (κ1) is 102. The molecule has 6 heterocycles. The van der Waals surface area contributed by atoms with Crippen LogP contribution in [0.3, 0.4) is 0 Å². The van der Waals surface area contributed by atoms with Gasteiger partial charge in [0.15, 0.2) is 0 Å². The molecule has 0 N–H and O–H groups in total. The van der Waals surface area contributed by atoms with E-state index in [0.717, 1.165) is 57.8 Å². The molecule has 132 heavy (non-hydrogen) atoms. The van der Waals surface area contributed by atoms with Crippen LogP contribution < -0.4 is 0 Å². The largest absolute Gasteiger partial charge is 0.309 e. The Hall–Kier alpha value is -12.3. The quantitative estimate of drug-likeness (QED) is 0.144. The van der Waals surface area contributed by atoms with Gasteiger partial charge in [-0.05, 0) is 266 Å². The monoisotopic (exact) mass is 1740 g/mol. The van der Waals surface area contributed by atoms with Crippen LogP contribution in [0.2, 0.25) is 0 Å². The zero-order valence-corrected chi connectivity index (χ0v) is 86.2. The van der Waals surface area contributed by atoms with Crippen molar-refractivity contribution in [2.24, 2.45) is 0 Å². The van der Waals surface area contributed by atoms with Gasteiger partial charge in [0, 0.05) is 68.6 Å². The molecule has 0 saturated carbocycles. The third kappa shape index (κ3) is 17.3.